The molecule has 1 heterocycles. The summed E-state index contributed by atoms with van der Waals surface area (Å²) >= 11 is 0. The summed E-state index contributed by atoms with van der Waals surface area (Å²) in [6.07, 6.45) is 4.18. The van der Waals surface area contributed by atoms with Crippen molar-refractivity contribution in [2.75, 3.05) is 6.54 Å². The van der Waals surface area contributed by atoms with Gasteiger partial charge in [0.25, 0.3) is 0 Å². The minimum absolute atomic E-state index is 0.703. The molecule has 1 aromatic rings. The number of furan rings is 1. The van der Waals surface area contributed by atoms with Gasteiger partial charge in [-0.25, -0.2) is 0 Å². The van der Waals surface area contributed by atoms with Gasteiger partial charge >= 0.3 is 0 Å². The zero-order valence-electron chi connectivity index (χ0n) is 10.9. The highest BCUT2D eigenvalue weighted by atomic mass is 16.3. The molecule has 3 rings (SSSR count). The summed E-state index contributed by atoms with van der Waals surface area (Å²) in [4.78, 5) is 0. The van der Waals surface area contributed by atoms with Crippen molar-refractivity contribution in [3.63, 3.8) is 0 Å². The van der Waals surface area contributed by atoms with Gasteiger partial charge in [-0.05, 0) is 55.7 Å². The van der Waals surface area contributed by atoms with E-state index in [2.05, 4.69) is 31.3 Å². The van der Waals surface area contributed by atoms with Gasteiger partial charge in [-0.2, -0.15) is 0 Å². The zero-order chi connectivity index (χ0) is 11.8. The molecule has 0 spiro atoms. The standard InChI is InChI=1S/C15H23NO/c1-10-7-14(10)15-6-5-13(17-15)9-16-8-11(2)12-3-4-12/h5-6,10-12,14,16H,3-4,7-9H2,1-2H3. The highest BCUT2D eigenvalue weighted by Gasteiger charge is 2.36. The average Bonchev–Trinajstić information content (AvgIpc) is 3.21. The van der Waals surface area contributed by atoms with Crippen LogP contribution in [-0.2, 0) is 6.54 Å². The summed E-state index contributed by atoms with van der Waals surface area (Å²) < 4.78 is 5.87. The molecule has 0 aromatic carbocycles. The molecule has 2 aliphatic rings. The lowest BCUT2D eigenvalue weighted by molar-refractivity contribution is 0.414. The molecule has 0 amide bonds. The van der Waals surface area contributed by atoms with Crippen molar-refractivity contribution < 1.29 is 4.42 Å². The molecule has 17 heavy (non-hydrogen) atoms. The lowest BCUT2D eigenvalue weighted by Crippen LogP contribution is -2.21. The van der Waals surface area contributed by atoms with Crippen molar-refractivity contribution in [2.45, 2.75) is 45.6 Å². The summed E-state index contributed by atoms with van der Waals surface area (Å²) in [5, 5.41) is 3.51. The Morgan fingerprint density at radius 3 is 2.82 bits per heavy atom. The van der Waals surface area contributed by atoms with E-state index in [9.17, 15) is 0 Å². The van der Waals surface area contributed by atoms with Crippen LogP contribution in [0.3, 0.4) is 0 Å². The molecule has 2 fully saturated rings. The minimum Gasteiger partial charge on any atom is -0.464 e. The van der Waals surface area contributed by atoms with Gasteiger partial charge in [0.2, 0.25) is 0 Å². The maximum Gasteiger partial charge on any atom is 0.117 e. The Balaban J connectivity index is 1.43. The minimum atomic E-state index is 0.703. The normalized spacial score (nSPS) is 29.3. The van der Waals surface area contributed by atoms with E-state index in [4.69, 9.17) is 4.42 Å². The van der Waals surface area contributed by atoms with E-state index in [1.54, 1.807) is 0 Å². The largest absolute Gasteiger partial charge is 0.464 e. The highest BCUT2D eigenvalue weighted by molar-refractivity contribution is 5.17. The number of hydrogen-bond acceptors (Lipinski definition) is 2. The number of hydrogen-bond donors (Lipinski definition) is 1. The molecular formula is C15H23NO. The summed E-state index contributed by atoms with van der Waals surface area (Å²) in [7, 11) is 0. The van der Waals surface area contributed by atoms with Gasteiger partial charge in [0.15, 0.2) is 0 Å². The molecule has 0 saturated heterocycles. The van der Waals surface area contributed by atoms with Crippen molar-refractivity contribution in [3.05, 3.63) is 23.7 Å². The molecule has 2 saturated carbocycles. The van der Waals surface area contributed by atoms with Crippen LogP contribution in [0.1, 0.15) is 50.5 Å². The van der Waals surface area contributed by atoms with Crippen LogP contribution in [0.2, 0.25) is 0 Å². The quantitative estimate of drug-likeness (QED) is 0.813. The van der Waals surface area contributed by atoms with Gasteiger partial charge in [-0.15, -0.1) is 0 Å². The SMILES string of the molecule is CC(CNCc1ccc(C2CC2C)o1)C1CC1. The van der Waals surface area contributed by atoms with Gasteiger partial charge < -0.3 is 9.73 Å². The average molecular weight is 233 g/mol. The topological polar surface area (TPSA) is 25.2 Å². The monoisotopic (exact) mass is 233 g/mol. The first-order valence-corrected chi connectivity index (χ1v) is 7.03. The molecule has 94 valence electrons. The molecule has 1 aromatic heterocycles. The van der Waals surface area contributed by atoms with Crippen LogP contribution in [0.5, 0.6) is 0 Å². The van der Waals surface area contributed by atoms with Crippen LogP contribution < -0.4 is 5.32 Å². The smallest absolute Gasteiger partial charge is 0.117 e. The first-order chi connectivity index (χ1) is 8.24. The van der Waals surface area contributed by atoms with Crippen LogP contribution in [0, 0.1) is 17.8 Å². The Bertz CT molecular complexity index is 380. The van der Waals surface area contributed by atoms with Gasteiger partial charge in [-0.3, -0.25) is 0 Å². The maximum absolute atomic E-state index is 5.87. The number of nitrogens with one attached hydrogen (secondary N) is 1. The highest BCUT2D eigenvalue weighted by Crippen LogP contribution is 2.47. The van der Waals surface area contributed by atoms with E-state index < -0.39 is 0 Å². The first kappa shape index (κ1) is 11.3. The predicted octanol–water partition coefficient (Wildman–Crippen LogP) is 3.54. The van der Waals surface area contributed by atoms with Gasteiger partial charge in [0.1, 0.15) is 11.5 Å². The van der Waals surface area contributed by atoms with Crippen LogP contribution in [0.4, 0.5) is 0 Å². The van der Waals surface area contributed by atoms with E-state index in [-0.39, 0.29) is 0 Å². The van der Waals surface area contributed by atoms with Crippen molar-refractivity contribution >= 4 is 0 Å². The third-order valence-corrected chi connectivity index (χ3v) is 4.35. The Labute approximate surface area is 104 Å². The number of rotatable bonds is 6. The summed E-state index contributed by atoms with van der Waals surface area (Å²) in [5.41, 5.74) is 0. The van der Waals surface area contributed by atoms with Crippen LogP contribution in [0.15, 0.2) is 16.5 Å². The van der Waals surface area contributed by atoms with Crippen LogP contribution in [-0.4, -0.2) is 6.54 Å². The Morgan fingerprint density at radius 2 is 2.18 bits per heavy atom. The van der Waals surface area contributed by atoms with E-state index in [1.165, 1.54) is 25.0 Å². The van der Waals surface area contributed by atoms with E-state index >= 15 is 0 Å². The lowest BCUT2D eigenvalue weighted by atomic mass is 10.1. The zero-order valence-corrected chi connectivity index (χ0v) is 10.9. The van der Waals surface area contributed by atoms with E-state index in [0.29, 0.717) is 5.92 Å². The first-order valence-electron chi connectivity index (χ1n) is 7.03. The molecular weight excluding hydrogens is 210 g/mol. The lowest BCUT2D eigenvalue weighted by Gasteiger charge is -2.09. The van der Waals surface area contributed by atoms with Gasteiger partial charge in [-0.1, -0.05) is 13.8 Å². The molecule has 3 unspecified atom stereocenters. The summed E-state index contributed by atoms with van der Waals surface area (Å²) in [5.74, 6) is 5.65. The Morgan fingerprint density at radius 1 is 1.41 bits per heavy atom. The second kappa shape index (κ2) is 4.49. The third-order valence-electron chi connectivity index (χ3n) is 4.35. The Kier molecular flexibility index (Phi) is 2.99. The van der Waals surface area contributed by atoms with Gasteiger partial charge in [0, 0.05) is 5.92 Å². The molecule has 1 N–H and O–H groups in total. The second-order valence-corrected chi connectivity index (χ2v) is 6.07. The van der Waals surface area contributed by atoms with Crippen LogP contribution >= 0.6 is 0 Å². The molecule has 3 atom stereocenters. The van der Waals surface area contributed by atoms with E-state index in [0.717, 1.165) is 36.6 Å². The van der Waals surface area contributed by atoms with Crippen molar-refractivity contribution in [1.29, 1.82) is 0 Å². The molecule has 2 nitrogen and oxygen atoms in total. The van der Waals surface area contributed by atoms with Gasteiger partial charge in [0.05, 0.1) is 6.54 Å². The summed E-state index contributed by atoms with van der Waals surface area (Å²) in [6.45, 7) is 6.66. The Hall–Kier alpha value is -0.760. The molecule has 2 aliphatic carbocycles. The summed E-state index contributed by atoms with van der Waals surface area (Å²) in [6, 6.07) is 4.30. The third kappa shape index (κ3) is 2.74. The fourth-order valence-corrected chi connectivity index (χ4v) is 2.66. The molecule has 0 radical (unpaired) electrons. The van der Waals surface area contributed by atoms with Crippen molar-refractivity contribution in [2.24, 2.45) is 17.8 Å². The van der Waals surface area contributed by atoms with E-state index in [1.807, 2.05) is 0 Å². The molecule has 0 bridgehead atoms. The fraction of sp³-hybridized carbons (Fsp3) is 0.733. The van der Waals surface area contributed by atoms with Crippen LogP contribution in [0.25, 0.3) is 0 Å². The van der Waals surface area contributed by atoms with Crippen molar-refractivity contribution in [1.82, 2.24) is 5.32 Å². The molecule has 0 aliphatic heterocycles. The molecule has 2 heteroatoms. The predicted molar refractivity (Wildman–Crippen MR) is 68.8 cm³/mol. The second-order valence-electron chi connectivity index (χ2n) is 6.07. The van der Waals surface area contributed by atoms with Crippen molar-refractivity contribution in [3.8, 4) is 0 Å². The fourth-order valence-electron chi connectivity index (χ4n) is 2.66. The maximum atomic E-state index is 5.87.